The Balaban J connectivity index is 1.21. The number of hydrogen-bond donors (Lipinski definition) is 0. The van der Waals surface area contributed by atoms with E-state index in [0.29, 0.717) is 0 Å². The highest BCUT2D eigenvalue weighted by molar-refractivity contribution is 7.25. The number of fused-ring (bicyclic) bond motifs is 12. The molecule has 3 nitrogen and oxygen atoms in total. The van der Waals surface area contributed by atoms with Gasteiger partial charge in [-0.25, -0.2) is 0 Å². The molecule has 0 atom stereocenters. The molecule has 0 aliphatic carbocycles. The third kappa shape index (κ3) is 3.21. The Bertz CT molecular complexity index is 3000. The molecular weight excluding hydrogens is 581 g/mol. The third-order valence-corrected chi connectivity index (χ3v) is 10.9. The van der Waals surface area contributed by atoms with Crippen molar-refractivity contribution in [1.29, 1.82) is 0 Å². The van der Waals surface area contributed by atoms with E-state index in [4.69, 9.17) is 4.42 Å². The lowest BCUT2D eigenvalue weighted by Crippen LogP contribution is -2.09. The van der Waals surface area contributed by atoms with Gasteiger partial charge in [0.1, 0.15) is 11.2 Å². The first-order valence-electron chi connectivity index (χ1n) is 15.6. The van der Waals surface area contributed by atoms with Gasteiger partial charge < -0.3 is 13.7 Å². The first-order chi connectivity index (χ1) is 22.8. The van der Waals surface area contributed by atoms with Crippen LogP contribution in [-0.4, -0.2) is 4.40 Å². The molecule has 0 aliphatic rings. The van der Waals surface area contributed by atoms with E-state index in [1.165, 1.54) is 58.3 Å². The fourth-order valence-corrected chi connectivity index (χ4v) is 8.80. The number of aromatic nitrogens is 1. The fourth-order valence-electron chi connectivity index (χ4n) is 7.71. The molecule has 0 fully saturated rings. The Morgan fingerprint density at radius 1 is 0.413 bits per heavy atom. The minimum Gasteiger partial charge on any atom is -0.456 e. The average Bonchev–Trinajstić information content (AvgIpc) is 3.85. The van der Waals surface area contributed by atoms with Crippen molar-refractivity contribution in [3.63, 3.8) is 0 Å². The maximum absolute atomic E-state index is 6.39. The molecule has 46 heavy (non-hydrogen) atoms. The van der Waals surface area contributed by atoms with Crippen molar-refractivity contribution < 1.29 is 4.42 Å². The molecular formula is C42H24N2OS. The molecule has 4 heteroatoms. The lowest BCUT2D eigenvalue weighted by molar-refractivity contribution is 0.669. The zero-order valence-corrected chi connectivity index (χ0v) is 25.4. The average molecular weight is 605 g/mol. The van der Waals surface area contributed by atoms with E-state index in [1.54, 1.807) is 0 Å². The standard InChI is InChI=1S/C42H24N2OS/c1-4-13-36-28(8-1)33-11-7-12-34-29-19-16-26(23-37(29)44(36)42(33)34)43(25-18-21-41-35(22-25)32-10-3-6-15-40(32)46-41)27-17-20-31-30-9-2-5-14-38(30)45-39(31)24-27/h1-24H. The maximum atomic E-state index is 6.39. The van der Waals surface area contributed by atoms with E-state index in [-0.39, 0.29) is 0 Å². The van der Waals surface area contributed by atoms with Crippen molar-refractivity contribution in [2.24, 2.45) is 0 Å². The summed E-state index contributed by atoms with van der Waals surface area (Å²) in [5, 5.41) is 9.98. The molecule has 0 N–H and O–H groups in total. The molecule has 4 heterocycles. The van der Waals surface area contributed by atoms with Gasteiger partial charge in [0.05, 0.1) is 16.6 Å². The number of hydrogen-bond acceptors (Lipinski definition) is 3. The van der Waals surface area contributed by atoms with Crippen LogP contribution in [0.15, 0.2) is 150 Å². The molecule has 0 radical (unpaired) electrons. The predicted molar refractivity (Wildman–Crippen MR) is 196 cm³/mol. The van der Waals surface area contributed by atoms with Crippen LogP contribution in [0.1, 0.15) is 0 Å². The van der Waals surface area contributed by atoms with Gasteiger partial charge in [-0.3, -0.25) is 0 Å². The maximum Gasteiger partial charge on any atom is 0.137 e. The topological polar surface area (TPSA) is 20.8 Å². The van der Waals surface area contributed by atoms with Gasteiger partial charge in [0.2, 0.25) is 0 Å². The summed E-state index contributed by atoms with van der Waals surface area (Å²) in [6, 6.07) is 52.9. The predicted octanol–water partition coefficient (Wildman–Crippen LogP) is 12.6. The van der Waals surface area contributed by atoms with E-state index < -0.39 is 0 Å². The van der Waals surface area contributed by atoms with Crippen molar-refractivity contribution in [3.05, 3.63) is 146 Å². The third-order valence-electron chi connectivity index (χ3n) is 9.70. The van der Waals surface area contributed by atoms with Crippen LogP contribution in [-0.2, 0) is 0 Å². The Morgan fingerprint density at radius 3 is 1.91 bits per heavy atom. The molecule has 0 saturated heterocycles. The summed E-state index contributed by atoms with van der Waals surface area (Å²) >= 11 is 1.85. The summed E-state index contributed by atoms with van der Waals surface area (Å²) in [5.74, 6) is 0. The van der Waals surface area contributed by atoms with E-state index in [2.05, 4.69) is 143 Å². The smallest absolute Gasteiger partial charge is 0.137 e. The van der Waals surface area contributed by atoms with Crippen molar-refractivity contribution in [2.45, 2.75) is 0 Å². The van der Waals surface area contributed by atoms with Crippen molar-refractivity contribution in [2.75, 3.05) is 4.90 Å². The van der Waals surface area contributed by atoms with Crippen LogP contribution in [0.2, 0.25) is 0 Å². The monoisotopic (exact) mass is 604 g/mol. The summed E-state index contributed by atoms with van der Waals surface area (Å²) in [6.45, 7) is 0. The van der Waals surface area contributed by atoms with E-state index >= 15 is 0 Å². The van der Waals surface area contributed by atoms with Crippen LogP contribution < -0.4 is 4.90 Å². The lowest BCUT2D eigenvalue weighted by atomic mass is 10.1. The zero-order valence-electron chi connectivity index (χ0n) is 24.6. The Kier molecular flexibility index (Phi) is 4.72. The molecule has 0 aliphatic heterocycles. The number of rotatable bonds is 3. The first-order valence-corrected chi connectivity index (χ1v) is 16.4. The molecule has 0 spiro atoms. The summed E-state index contributed by atoms with van der Waals surface area (Å²) < 4.78 is 11.5. The molecule has 11 aromatic rings. The largest absolute Gasteiger partial charge is 0.456 e. The SMILES string of the molecule is c1ccc2c(c1)oc1cc(N(c3ccc4sc5ccccc5c4c3)c3ccc4c5cccc6c7ccccc7n(c4c3)c65)ccc12. The second-order valence-electron chi connectivity index (χ2n) is 12.1. The summed E-state index contributed by atoms with van der Waals surface area (Å²) in [4.78, 5) is 2.38. The van der Waals surface area contributed by atoms with Crippen LogP contribution in [0.25, 0.3) is 80.2 Å². The van der Waals surface area contributed by atoms with Crippen LogP contribution in [0.3, 0.4) is 0 Å². The Morgan fingerprint density at radius 2 is 1.02 bits per heavy atom. The second kappa shape index (κ2) is 8.87. The molecule has 0 unspecified atom stereocenters. The Hall–Kier alpha value is -5.84. The minimum atomic E-state index is 0.887. The fraction of sp³-hybridized carbons (Fsp3) is 0. The lowest BCUT2D eigenvalue weighted by Gasteiger charge is -2.26. The van der Waals surface area contributed by atoms with Gasteiger partial charge in [-0.05, 0) is 60.7 Å². The van der Waals surface area contributed by atoms with Crippen LogP contribution in [0.5, 0.6) is 0 Å². The number of nitrogens with zero attached hydrogens (tertiary/aromatic N) is 2. The zero-order chi connectivity index (χ0) is 29.9. The number of anilines is 3. The van der Waals surface area contributed by atoms with Crippen LogP contribution >= 0.6 is 11.3 Å². The van der Waals surface area contributed by atoms with Crippen molar-refractivity contribution >= 4 is 109 Å². The molecule has 0 saturated carbocycles. The number of thiophene rings is 1. The number of furan rings is 1. The molecule has 214 valence electrons. The highest BCUT2D eigenvalue weighted by Gasteiger charge is 2.21. The molecule has 11 rings (SSSR count). The summed E-state index contributed by atoms with van der Waals surface area (Å²) in [6.07, 6.45) is 0. The highest BCUT2D eigenvalue weighted by atomic mass is 32.1. The molecule has 0 amide bonds. The van der Waals surface area contributed by atoms with Crippen molar-refractivity contribution in [1.82, 2.24) is 4.40 Å². The quantitative estimate of drug-likeness (QED) is 0.200. The van der Waals surface area contributed by atoms with Gasteiger partial charge in [-0.15, -0.1) is 11.3 Å². The summed E-state index contributed by atoms with van der Waals surface area (Å²) in [7, 11) is 0. The normalized spacial score (nSPS) is 12.3. The first kappa shape index (κ1) is 24.5. The van der Waals surface area contributed by atoms with Gasteiger partial charge in [-0.2, -0.15) is 0 Å². The van der Waals surface area contributed by atoms with Gasteiger partial charge in [0.15, 0.2) is 0 Å². The molecule has 4 aromatic heterocycles. The van der Waals surface area contributed by atoms with E-state index in [0.717, 1.165) is 39.0 Å². The highest BCUT2D eigenvalue weighted by Crippen LogP contribution is 2.45. The van der Waals surface area contributed by atoms with E-state index in [9.17, 15) is 0 Å². The summed E-state index contributed by atoms with van der Waals surface area (Å²) in [5.41, 5.74) is 8.81. The minimum absolute atomic E-state index is 0.887. The van der Waals surface area contributed by atoms with Gasteiger partial charge >= 0.3 is 0 Å². The Labute approximate surface area is 267 Å². The van der Waals surface area contributed by atoms with E-state index in [1.807, 2.05) is 23.5 Å². The number of para-hydroxylation sites is 3. The van der Waals surface area contributed by atoms with Gasteiger partial charge in [-0.1, -0.05) is 78.9 Å². The second-order valence-corrected chi connectivity index (χ2v) is 13.2. The molecule has 0 bridgehead atoms. The van der Waals surface area contributed by atoms with Gasteiger partial charge in [0, 0.05) is 75.6 Å². The van der Waals surface area contributed by atoms with Crippen LogP contribution in [0.4, 0.5) is 17.1 Å². The van der Waals surface area contributed by atoms with Gasteiger partial charge in [0.25, 0.3) is 0 Å². The number of benzene rings is 7. The van der Waals surface area contributed by atoms with Crippen molar-refractivity contribution in [3.8, 4) is 0 Å². The molecule has 7 aromatic carbocycles. The van der Waals surface area contributed by atoms with Crippen LogP contribution in [0, 0.1) is 0 Å².